The molecule has 1 aromatic rings. The quantitative estimate of drug-likeness (QED) is 0.854. The summed E-state index contributed by atoms with van der Waals surface area (Å²) in [7, 11) is -3.16. The second-order valence-corrected chi connectivity index (χ2v) is 8.96. The molecule has 2 unspecified atom stereocenters. The van der Waals surface area contributed by atoms with E-state index in [0.29, 0.717) is 13.1 Å². The molecular formula is C15H24N2O3S2. The van der Waals surface area contributed by atoms with Crippen molar-refractivity contribution >= 4 is 27.3 Å². The maximum absolute atomic E-state index is 12.6. The zero-order valence-corrected chi connectivity index (χ0v) is 14.8. The topological polar surface area (TPSA) is 66.5 Å². The second kappa shape index (κ2) is 7.57. The minimum Gasteiger partial charge on any atom is -0.342 e. The van der Waals surface area contributed by atoms with Crippen LogP contribution in [-0.2, 0) is 21.2 Å². The smallest absolute Gasteiger partial charge is 0.225 e. The molecule has 2 rings (SSSR count). The molecule has 0 radical (unpaired) electrons. The van der Waals surface area contributed by atoms with Crippen molar-refractivity contribution in [3.05, 3.63) is 22.4 Å². The fourth-order valence-corrected chi connectivity index (χ4v) is 4.20. The number of hydrogen-bond acceptors (Lipinski definition) is 4. The van der Waals surface area contributed by atoms with E-state index in [1.807, 2.05) is 23.3 Å². The van der Waals surface area contributed by atoms with Gasteiger partial charge in [0.15, 0.2) is 0 Å². The lowest BCUT2D eigenvalue weighted by Crippen LogP contribution is -2.45. The first-order valence-corrected chi connectivity index (χ1v) is 10.4. The molecule has 0 spiro atoms. The molecule has 22 heavy (non-hydrogen) atoms. The Hall–Kier alpha value is -0.920. The van der Waals surface area contributed by atoms with Gasteiger partial charge in [-0.25, -0.2) is 13.1 Å². The normalized spacial score (nSPS) is 20.8. The van der Waals surface area contributed by atoms with Crippen LogP contribution in [0.2, 0.25) is 0 Å². The van der Waals surface area contributed by atoms with Crippen molar-refractivity contribution in [2.45, 2.75) is 26.2 Å². The SMILES string of the molecule is CC(Cc1cccs1)C(=O)N1CCCC(CNS(C)(=O)=O)C1. The van der Waals surface area contributed by atoms with E-state index in [2.05, 4.69) is 10.8 Å². The first kappa shape index (κ1) is 17.4. The standard InChI is InChI=1S/C15H24N2O3S2/c1-12(9-14-6-4-8-21-14)15(18)17-7-3-5-13(11-17)10-16-22(2,19)20/h4,6,8,12-13,16H,3,5,7,9-11H2,1-2H3. The molecule has 1 fully saturated rings. The molecule has 1 amide bonds. The van der Waals surface area contributed by atoms with Crippen LogP contribution in [0.1, 0.15) is 24.6 Å². The van der Waals surface area contributed by atoms with Crippen LogP contribution in [-0.4, -0.2) is 45.1 Å². The molecule has 124 valence electrons. The summed E-state index contributed by atoms with van der Waals surface area (Å²) in [6.07, 6.45) is 3.85. The van der Waals surface area contributed by atoms with Crippen LogP contribution in [0.15, 0.2) is 17.5 Å². The number of amides is 1. The number of carbonyl (C=O) groups is 1. The number of nitrogens with one attached hydrogen (secondary N) is 1. The summed E-state index contributed by atoms with van der Waals surface area (Å²) < 4.78 is 24.9. The lowest BCUT2D eigenvalue weighted by atomic mass is 9.96. The molecule has 2 heterocycles. The molecule has 1 N–H and O–H groups in total. The highest BCUT2D eigenvalue weighted by molar-refractivity contribution is 7.88. The van der Waals surface area contributed by atoms with Crippen LogP contribution in [0.25, 0.3) is 0 Å². The largest absolute Gasteiger partial charge is 0.342 e. The van der Waals surface area contributed by atoms with E-state index in [0.717, 1.165) is 25.8 Å². The summed E-state index contributed by atoms with van der Waals surface area (Å²) in [5.74, 6) is 0.360. The van der Waals surface area contributed by atoms with Crippen LogP contribution in [0.3, 0.4) is 0 Å². The highest BCUT2D eigenvalue weighted by Gasteiger charge is 2.27. The number of carbonyl (C=O) groups excluding carboxylic acids is 1. The number of nitrogens with zero attached hydrogens (tertiary/aromatic N) is 1. The Balaban J connectivity index is 1.86. The monoisotopic (exact) mass is 344 g/mol. The number of rotatable bonds is 6. The number of piperidine rings is 1. The van der Waals surface area contributed by atoms with Gasteiger partial charge in [-0.1, -0.05) is 13.0 Å². The van der Waals surface area contributed by atoms with Crippen molar-refractivity contribution in [1.29, 1.82) is 0 Å². The Labute approximate surface area is 136 Å². The molecular weight excluding hydrogens is 320 g/mol. The molecule has 7 heteroatoms. The summed E-state index contributed by atoms with van der Waals surface area (Å²) >= 11 is 1.68. The maximum Gasteiger partial charge on any atom is 0.225 e. The van der Waals surface area contributed by atoms with E-state index < -0.39 is 10.0 Å². The highest BCUT2D eigenvalue weighted by Crippen LogP contribution is 2.21. The summed E-state index contributed by atoms with van der Waals surface area (Å²) in [4.78, 5) is 15.7. The molecule has 0 aliphatic carbocycles. The average Bonchev–Trinajstić information content (AvgIpc) is 2.97. The molecule has 0 aromatic carbocycles. The van der Waals surface area contributed by atoms with Crippen LogP contribution in [0, 0.1) is 11.8 Å². The zero-order chi connectivity index (χ0) is 16.2. The van der Waals surface area contributed by atoms with Gasteiger partial charge in [-0.2, -0.15) is 0 Å². The van der Waals surface area contributed by atoms with Gasteiger partial charge in [-0.3, -0.25) is 4.79 Å². The second-order valence-electron chi connectivity index (χ2n) is 6.10. The van der Waals surface area contributed by atoms with Gasteiger partial charge >= 0.3 is 0 Å². The van der Waals surface area contributed by atoms with Crippen molar-refractivity contribution in [2.24, 2.45) is 11.8 Å². The number of hydrogen-bond donors (Lipinski definition) is 1. The first-order chi connectivity index (χ1) is 10.3. The van der Waals surface area contributed by atoms with E-state index in [1.54, 1.807) is 11.3 Å². The van der Waals surface area contributed by atoms with Crippen LogP contribution < -0.4 is 4.72 Å². The summed E-state index contributed by atoms with van der Waals surface area (Å²) in [5.41, 5.74) is 0. The minimum atomic E-state index is -3.16. The molecule has 1 aromatic heterocycles. The number of likely N-dealkylation sites (tertiary alicyclic amines) is 1. The Morgan fingerprint density at radius 1 is 1.55 bits per heavy atom. The molecule has 2 atom stereocenters. The van der Waals surface area contributed by atoms with Crippen molar-refractivity contribution in [1.82, 2.24) is 9.62 Å². The lowest BCUT2D eigenvalue weighted by Gasteiger charge is -2.34. The van der Waals surface area contributed by atoms with E-state index >= 15 is 0 Å². The van der Waals surface area contributed by atoms with Crippen molar-refractivity contribution in [2.75, 3.05) is 25.9 Å². The third-order valence-corrected chi connectivity index (χ3v) is 5.56. The molecule has 1 saturated heterocycles. The van der Waals surface area contributed by atoms with Crippen LogP contribution >= 0.6 is 11.3 Å². The van der Waals surface area contributed by atoms with Gasteiger partial charge in [0.05, 0.1) is 6.26 Å². The average molecular weight is 345 g/mol. The number of thiophene rings is 1. The van der Waals surface area contributed by atoms with Gasteiger partial charge in [0, 0.05) is 30.4 Å². The molecule has 1 aliphatic heterocycles. The maximum atomic E-state index is 12.6. The molecule has 1 aliphatic rings. The van der Waals surface area contributed by atoms with Gasteiger partial charge in [-0.15, -0.1) is 11.3 Å². The minimum absolute atomic E-state index is 0.0275. The van der Waals surface area contributed by atoms with Crippen LogP contribution in [0.5, 0.6) is 0 Å². The number of sulfonamides is 1. The van der Waals surface area contributed by atoms with Gasteiger partial charge < -0.3 is 4.90 Å². The lowest BCUT2D eigenvalue weighted by molar-refractivity contribution is -0.136. The van der Waals surface area contributed by atoms with E-state index in [9.17, 15) is 13.2 Å². The third-order valence-electron chi connectivity index (χ3n) is 3.97. The first-order valence-electron chi connectivity index (χ1n) is 7.61. The van der Waals surface area contributed by atoms with Gasteiger partial charge in [0.2, 0.25) is 15.9 Å². The Bertz CT molecular complexity index is 584. The molecule has 0 saturated carbocycles. The van der Waals surface area contributed by atoms with Crippen molar-refractivity contribution in [3.8, 4) is 0 Å². The highest BCUT2D eigenvalue weighted by atomic mass is 32.2. The third kappa shape index (κ3) is 5.37. The summed E-state index contributed by atoms with van der Waals surface area (Å²) in [6, 6.07) is 4.06. The molecule has 0 bridgehead atoms. The van der Waals surface area contributed by atoms with Crippen molar-refractivity contribution in [3.63, 3.8) is 0 Å². The Morgan fingerprint density at radius 3 is 2.95 bits per heavy atom. The fourth-order valence-electron chi connectivity index (χ4n) is 2.83. The van der Waals surface area contributed by atoms with Gasteiger partial charge in [0.1, 0.15) is 0 Å². The van der Waals surface area contributed by atoms with Crippen molar-refractivity contribution < 1.29 is 13.2 Å². The summed E-state index contributed by atoms with van der Waals surface area (Å²) in [6.45, 7) is 3.82. The van der Waals surface area contributed by atoms with Gasteiger partial charge in [-0.05, 0) is 36.6 Å². The summed E-state index contributed by atoms with van der Waals surface area (Å²) in [5, 5.41) is 2.03. The predicted octanol–water partition coefficient (Wildman–Crippen LogP) is 1.71. The van der Waals surface area contributed by atoms with E-state index in [-0.39, 0.29) is 17.7 Å². The molecule has 5 nitrogen and oxygen atoms in total. The predicted molar refractivity (Wildman–Crippen MR) is 89.3 cm³/mol. The van der Waals surface area contributed by atoms with E-state index in [1.165, 1.54) is 11.1 Å². The van der Waals surface area contributed by atoms with Crippen LogP contribution in [0.4, 0.5) is 0 Å². The fraction of sp³-hybridized carbons (Fsp3) is 0.667. The van der Waals surface area contributed by atoms with Gasteiger partial charge in [0.25, 0.3) is 0 Å². The Kier molecular flexibility index (Phi) is 6.00. The Morgan fingerprint density at radius 2 is 2.32 bits per heavy atom. The van der Waals surface area contributed by atoms with E-state index in [4.69, 9.17) is 0 Å². The zero-order valence-electron chi connectivity index (χ0n) is 13.1.